The second-order valence-electron chi connectivity index (χ2n) is 7.43. The van der Waals surface area contributed by atoms with E-state index in [0.717, 1.165) is 6.54 Å². The molecule has 0 saturated carbocycles. The Kier molecular flexibility index (Phi) is 8.09. The number of amides is 4. The Morgan fingerprint density at radius 2 is 1.59 bits per heavy atom. The lowest BCUT2D eigenvalue weighted by Crippen LogP contribution is -2.59. The average Bonchev–Trinajstić information content (AvgIpc) is 2.96. The molecule has 2 unspecified atom stereocenters. The number of carbonyl (C=O) groups is 5. The van der Waals surface area contributed by atoms with Crippen LogP contribution in [0.4, 0.5) is 0 Å². The van der Waals surface area contributed by atoms with Crippen molar-refractivity contribution in [1.29, 1.82) is 0 Å². The van der Waals surface area contributed by atoms with Crippen molar-refractivity contribution in [3.8, 4) is 0 Å². The highest BCUT2D eigenvalue weighted by Gasteiger charge is 2.33. The Labute approximate surface area is 169 Å². The molecule has 11 nitrogen and oxygen atoms in total. The molecule has 0 aromatic heterocycles. The summed E-state index contributed by atoms with van der Waals surface area (Å²) >= 11 is 0. The molecule has 2 aliphatic heterocycles. The molecule has 0 spiro atoms. The highest BCUT2D eigenvalue weighted by molar-refractivity contribution is 6.01. The van der Waals surface area contributed by atoms with Crippen LogP contribution in [0.15, 0.2) is 0 Å². The predicted octanol–water partition coefficient (Wildman–Crippen LogP) is -1.76. The van der Waals surface area contributed by atoms with Crippen LogP contribution in [0.25, 0.3) is 0 Å². The molecule has 2 heterocycles. The van der Waals surface area contributed by atoms with Crippen LogP contribution in [0, 0.1) is 0 Å². The smallest absolute Gasteiger partial charge is 0.334 e. The van der Waals surface area contributed by atoms with Gasteiger partial charge < -0.3 is 20.4 Å². The van der Waals surface area contributed by atoms with Crippen molar-refractivity contribution in [2.24, 2.45) is 0 Å². The Hall–Kier alpha value is -2.53. The zero-order valence-corrected chi connectivity index (χ0v) is 17.1. The molecule has 29 heavy (non-hydrogen) atoms. The van der Waals surface area contributed by atoms with Crippen LogP contribution >= 0.6 is 0 Å². The van der Waals surface area contributed by atoms with Gasteiger partial charge in [-0.3, -0.25) is 24.1 Å². The lowest BCUT2D eigenvalue weighted by atomic mass is 10.2. The summed E-state index contributed by atoms with van der Waals surface area (Å²) in [7, 11) is 3.88. The van der Waals surface area contributed by atoms with Gasteiger partial charge in [-0.25, -0.2) is 4.79 Å². The first-order chi connectivity index (χ1) is 13.7. The highest BCUT2D eigenvalue weighted by atomic mass is 16.8. The molecule has 0 aliphatic carbocycles. The number of nitrogens with one attached hydrogen (secondary N) is 2. The number of carbonyl (C=O) groups excluding carboxylic acids is 5. The van der Waals surface area contributed by atoms with E-state index in [1.165, 1.54) is 0 Å². The first-order valence-corrected chi connectivity index (χ1v) is 9.70. The fourth-order valence-corrected chi connectivity index (χ4v) is 3.17. The maximum atomic E-state index is 12.3. The summed E-state index contributed by atoms with van der Waals surface area (Å²) in [5, 5.41) is 5.77. The summed E-state index contributed by atoms with van der Waals surface area (Å²) < 4.78 is 0. The number of nitrogens with zero attached hydrogens (tertiary/aromatic N) is 3. The van der Waals surface area contributed by atoms with Crippen molar-refractivity contribution >= 4 is 29.6 Å². The Morgan fingerprint density at radius 3 is 2.24 bits per heavy atom. The third-order valence-corrected chi connectivity index (χ3v) is 5.10. The van der Waals surface area contributed by atoms with E-state index in [0.29, 0.717) is 17.6 Å². The van der Waals surface area contributed by atoms with E-state index < -0.39 is 17.8 Å². The van der Waals surface area contributed by atoms with Gasteiger partial charge in [0.05, 0.1) is 6.42 Å². The standard InChI is InChI=1S/C18H29N5O6/c1-12-10-22(3)13(11-21(12)2)18(28)20-8-6-14(24)19-9-7-17(27)29-23-15(25)4-5-16(23)26/h12-13H,4-11H2,1-3H3,(H,19,24)(H,20,28)/i2+1,3+1,7+1,9+1,10+1,12+1,17+1,19+1,21+1. The van der Waals surface area contributed by atoms with Crippen LogP contribution in [-0.4, -0.2) is 96.8 Å². The number of hydroxylamine groups is 2. The largest absolute Gasteiger partial charge is 0.355 e. The van der Waals surface area contributed by atoms with Crippen molar-refractivity contribution in [3.63, 3.8) is 0 Å². The Bertz CT molecular complexity index is 653. The summed E-state index contributed by atoms with van der Waals surface area (Å²) in [4.78, 5) is 67.4. The molecule has 2 aliphatic rings. The van der Waals surface area contributed by atoms with E-state index >= 15 is 0 Å². The van der Waals surface area contributed by atoms with Crippen molar-refractivity contribution in [2.45, 2.75) is 44.7 Å². The molecule has 162 valence electrons. The molecule has 2 rings (SSSR count). The first-order valence-electron chi connectivity index (χ1n) is 9.70. The third kappa shape index (κ3) is 6.50. The molecule has 2 N–H and O–H groups in total. The van der Waals surface area contributed by atoms with Crippen LogP contribution < -0.4 is 10.6 Å². The molecule has 11 heteroatoms. The van der Waals surface area contributed by atoms with Gasteiger partial charge in [-0.1, -0.05) is 0 Å². The molecule has 2 atom stereocenters. The van der Waals surface area contributed by atoms with E-state index in [1.54, 1.807) is 0 Å². The van der Waals surface area contributed by atoms with Crippen molar-refractivity contribution in [3.05, 3.63) is 0 Å². The fourth-order valence-electron chi connectivity index (χ4n) is 3.17. The van der Waals surface area contributed by atoms with E-state index in [4.69, 9.17) is 4.84 Å². The minimum atomic E-state index is -0.777. The van der Waals surface area contributed by atoms with Gasteiger partial charge in [0, 0.05) is 51.5 Å². The summed E-state index contributed by atoms with van der Waals surface area (Å²) in [6.07, 6.45) is -0.0415. The van der Waals surface area contributed by atoms with Crippen LogP contribution in [0.2, 0.25) is 0 Å². The molecular formula is C18H29N5O6. The summed E-state index contributed by atoms with van der Waals surface area (Å²) in [5.74, 6) is -2.32. The number of rotatable bonds is 8. The zero-order valence-electron chi connectivity index (χ0n) is 17.1. The molecule has 4 amide bonds. The second-order valence-corrected chi connectivity index (χ2v) is 7.43. The molecule has 0 radical (unpaired) electrons. The van der Waals surface area contributed by atoms with E-state index in [2.05, 4.69) is 22.5 Å². The summed E-state index contributed by atoms with van der Waals surface area (Å²) in [6.45, 7) is 3.72. The number of imide groups is 1. The number of piperazine rings is 1. The van der Waals surface area contributed by atoms with Gasteiger partial charge in [0.25, 0.3) is 11.8 Å². The molecule has 0 bridgehead atoms. The maximum absolute atomic E-state index is 12.3. The molecule has 0 aromatic carbocycles. The third-order valence-electron chi connectivity index (χ3n) is 5.10. The first kappa shape index (κ1) is 22.8. The lowest BCUT2D eigenvalue weighted by Gasteiger charge is -2.41. The number of hydrogen-bond acceptors (Lipinski definition) is 8. The number of likely N-dealkylation sites (N-methyl/N-ethyl adjacent to an activating group) is 2. The monoisotopic (exact) mass is 420 g/mol. The van der Waals surface area contributed by atoms with Crippen LogP contribution in [0.3, 0.4) is 0 Å². The lowest BCUT2D eigenvalue weighted by molar-refractivity contribution is -0.197. The minimum absolute atomic E-state index is 0.00980. The second kappa shape index (κ2) is 10.3. The van der Waals surface area contributed by atoms with Crippen molar-refractivity contribution in [2.75, 3.05) is 40.3 Å². The van der Waals surface area contributed by atoms with Gasteiger partial charge >= 0.3 is 5.97 Å². The minimum Gasteiger partial charge on any atom is -0.355 e. The summed E-state index contributed by atoms with van der Waals surface area (Å²) in [6, 6.07) is 0.119. The number of hydrogen-bond donors (Lipinski definition) is 2. The van der Waals surface area contributed by atoms with Crippen LogP contribution in [0.5, 0.6) is 0 Å². The van der Waals surface area contributed by atoms with Gasteiger partial charge in [-0.15, -0.1) is 5.06 Å². The van der Waals surface area contributed by atoms with Gasteiger partial charge in [0.15, 0.2) is 0 Å². The van der Waals surface area contributed by atoms with Gasteiger partial charge in [-0.05, 0) is 21.0 Å². The highest BCUT2D eigenvalue weighted by Crippen LogP contribution is 2.13. The van der Waals surface area contributed by atoms with Gasteiger partial charge in [-0.2, -0.15) is 0 Å². The Balaban J connectivity index is 1.60. The van der Waals surface area contributed by atoms with Gasteiger partial charge in [0.1, 0.15) is 6.04 Å². The molecule has 2 saturated heterocycles. The molecular weight excluding hydrogens is 391 g/mol. The quantitative estimate of drug-likeness (QED) is 0.269. The zero-order chi connectivity index (χ0) is 21.6. The van der Waals surface area contributed by atoms with Crippen LogP contribution in [-0.2, 0) is 28.8 Å². The topological polar surface area (TPSA) is 128 Å². The Morgan fingerprint density at radius 1 is 0.966 bits per heavy atom. The summed E-state index contributed by atoms with van der Waals surface area (Å²) in [5.41, 5.74) is 0. The van der Waals surface area contributed by atoms with E-state index in [9.17, 15) is 24.0 Å². The average molecular weight is 420 g/mol. The predicted molar refractivity (Wildman–Crippen MR) is 101 cm³/mol. The normalized spacial score (nSPS) is 23.2. The van der Waals surface area contributed by atoms with E-state index in [-0.39, 0.29) is 56.6 Å². The van der Waals surface area contributed by atoms with Crippen molar-refractivity contribution in [1.82, 2.24) is 25.5 Å². The van der Waals surface area contributed by atoms with Gasteiger partial charge in [0.2, 0.25) is 11.8 Å². The SMILES string of the molecule is C[13CH]1[13CH2]N([13CH3])C(C(=O)NCCC(=O)[15NH][13CH2][13CH2][13C](=O)ON2C(=O)CCC2=O)C[15N]1[13CH3]. The molecule has 2 fully saturated rings. The van der Waals surface area contributed by atoms with E-state index in [1.807, 2.05) is 19.0 Å². The maximum Gasteiger partial charge on any atom is 0.334 e. The van der Waals surface area contributed by atoms with Crippen LogP contribution in [0.1, 0.15) is 32.6 Å². The van der Waals surface area contributed by atoms with Crippen molar-refractivity contribution < 1.29 is 28.8 Å². The fraction of sp³-hybridized carbons (Fsp3) is 0.722. The molecule has 0 aromatic rings.